The maximum absolute atomic E-state index is 13.5. The van der Waals surface area contributed by atoms with E-state index in [-0.39, 0.29) is 18.2 Å². The summed E-state index contributed by atoms with van der Waals surface area (Å²) in [7, 11) is -0.969. The van der Waals surface area contributed by atoms with Crippen LogP contribution < -0.4 is 5.46 Å². The van der Waals surface area contributed by atoms with E-state index in [1.54, 1.807) is 12.1 Å². The van der Waals surface area contributed by atoms with Gasteiger partial charge in [0, 0.05) is 23.2 Å². The summed E-state index contributed by atoms with van der Waals surface area (Å²) >= 11 is 0. The minimum Gasteiger partial charge on any atom is -0.481 e. The maximum atomic E-state index is 13.5. The Kier molecular flexibility index (Phi) is 4.73. The van der Waals surface area contributed by atoms with Crippen molar-refractivity contribution in [1.82, 2.24) is 4.57 Å². The smallest absolute Gasteiger partial charge is 0.481 e. The molecule has 5 nitrogen and oxygen atoms in total. The fraction of sp³-hybridized carbons (Fsp3) is 0.286. The number of rotatable bonds is 5. The molecule has 3 aromatic rings. The van der Waals surface area contributed by atoms with Crippen LogP contribution in [0.3, 0.4) is 0 Å². The zero-order valence-corrected chi connectivity index (χ0v) is 15.8. The van der Waals surface area contributed by atoms with Crippen LogP contribution in [0, 0.1) is 5.82 Å². The predicted molar refractivity (Wildman–Crippen MR) is 106 cm³/mol. The SMILES string of the molecule is CC(C)c1c(CCC(=O)O)c2cc3c(cc2n1-c1ccc(F)cc1)COB3O. The second-order valence-corrected chi connectivity index (χ2v) is 7.46. The van der Waals surface area contributed by atoms with E-state index >= 15 is 0 Å². The van der Waals surface area contributed by atoms with Crippen molar-refractivity contribution in [3.05, 3.63) is 59.0 Å². The molecule has 0 atom stereocenters. The molecule has 0 bridgehead atoms. The summed E-state index contributed by atoms with van der Waals surface area (Å²) in [5.74, 6) is -1.05. The number of hydrogen-bond acceptors (Lipinski definition) is 3. The third-order valence-corrected chi connectivity index (χ3v) is 5.26. The summed E-state index contributed by atoms with van der Waals surface area (Å²) < 4.78 is 20.9. The highest BCUT2D eigenvalue weighted by atomic mass is 19.1. The molecule has 1 aromatic heterocycles. The van der Waals surface area contributed by atoms with Gasteiger partial charge in [0.05, 0.1) is 12.1 Å². The van der Waals surface area contributed by atoms with Crippen LogP contribution in [0.4, 0.5) is 4.39 Å². The molecule has 0 amide bonds. The molecule has 0 unspecified atom stereocenters. The van der Waals surface area contributed by atoms with Gasteiger partial charge in [-0.05, 0) is 59.3 Å². The highest BCUT2D eigenvalue weighted by Crippen LogP contribution is 2.36. The van der Waals surface area contributed by atoms with Crippen molar-refractivity contribution in [2.75, 3.05) is 0 Å². The number of aliphatic carboxylic acids is 1. The molecule has 4 rings (SSSR count). The molecule has 28 heavy (non-hydrogen) atoms. The summed E-state index contributed by atoms with van der Waals surface area (Å²) in [5.41, 5.74) is 5.29. The molecule has 1 aliphatic heterocycles. The molecule has 0 spiro atoms. The first-order valence-corrected chi connectivity index (χ1v) is 9.34. The fourth-order valence-electron chi connectivity index (χ4n) is 4.06. The third-order valence-electron chi connectivity index (χ3n) is 5.26. The Morgan fingerprint density at radius 3 is 2.64 bits per heavy atom. The van der Waals surface area contributed by atoms with Gasteiger partial charge in [-0.3, -0.25) is 4.79 Å². The molecule has 1 aliphatic rings. The van der Waals surface area contributed by atoms with E-state index in [2.05, 4.69) is 18.4 Å². The zero-order chi connectivity index (χ0) is 20.0. The van der Waals surface area contributed by atoms with E-state index in [0.717, 1.165) is 38.9 Å². The molecular weight excluding hydrogens is 360 g/mol. The van der Waals surface area contributed by atoms with Crippen molar-refractivity contribution in [1.29, 1.82) is 0 Å². The lowest BCUT2D eigenvalue weighted by Gasteiger charge is -2.15. The van der Waals surface area contributed by atoms with Gasteiger partial charge in [-0.2, -0.15) is 0 Å². The van der Waals surface area contributed by atoms with Crippen molar-refractivity contribution < 1.29 is 24.0 Å². The minimum absolute atomic E-state index is 0.0123. The van der Waals surface area contributed by atoms with Gasteiger partial charge in [-0.1, -0.05) is 19.9 Å². The van der Waals surface area contributed by atoms with E-state index < -0.39 is 13.1 Å². The predicted octanol–water partition coefficient (Wildman–Crippen LogP) is 3.13. The standard InChI is InChI=1S/C21H21BFNO4/c1-12(2)21-16(7-8-20(25)26)17-10-18-13(11-28-22(18)27)9-19(17)24(21)15-5-3-14(23)4-6-15/h3-6,9-10,12,27H,7-8,11H2,1-2H3,(H,25,26). The molecule has 144 valence electrons. The van der Waals surface area contributed by atoms with Crippen LogP contribution >= 0.6 is 0 Å². The van der Waals surface area contributed by atoms with Crippen LogP contribution in [0.2, 0.25) is 0 Å². The van der Waals surface area contributed by atoms with Gasteiger partial charge >= 0.3 is 13.1 Å². The van der Waals surface area contributed by atoms with Gasteiger partial charge in [-0.25, -0.2) is 4.39 Å². The number of halogens is 1. The summed E-state index contributed by atoms with van der Waals surface area (Å²) in [6.07, 6.45) is 0.391. The van der Waals surface area contributed by atoms with Crippen LogP contribution in [0.5, 0.6) is 0 Å². The molecule has 7 heteroatoms. The minimum atomic E-state index is -0.969. The van der Waals surface area contributed by atoms with E-state index in [9.17, 15) is 19.3 Å². The first-order chi connectivity index (χ1) is 13.4. The summed E-state index contributed by atoms with van der Waals surface area (Å²) in [6, 6.07) is 10.2. The Hall–Kier alpha value is -2.64. The van der Waals surface area contributed by atoms with Gasteiger partial charge in [0.2, 0.25) is 0 Å². The Balaban J connectivity index is 2.03. The number of nitrogens with zero attached hydrogens (tertiary/aromatic N) is 1. The van der Waals surface area contributed by atoms with E-state index in [1.165, 1.54) is 12.1 Å². The highest BCUT2D eigenvalue weighted by molar-refractivity contribution is 6.61. The van der Waals surface area contributed by atoms with Crippen LogP contribution in [0.25, 0.3) is 16.6 Å². The number of hydrogen-bond donors (Lipinski definition) is 2. The van der Waals surface area contributed by atoms with Crippen molar-refractivity contribution in [3.8, 4) is 5.69 Å². The molecule has 0 saturated heterocycles. The molecule has 2 N–H and O–H groups in total. The Labute approximate surface area is 162 Å². The molecular formula is C21H21BFNO4. The Morgan fingerprint density at radius 1 is 1.29 bits per heavy atom. The van der Waals surface area contributed by atoms with Crippen LogP contribution in [-0.2, 0) is 22.5 Å². The molecule has 0 aliphatic carbocycles. The summed E-state index contributed by atoms with van der Waals surface area (Å²) in [6.45, 7) is 4.44. The second kappa shape index (κ2) is 7.07. The monoisotopic (exact) mass is 381 g/mol. The topological polar surface area (TPSA) is 71.7 Å². The summed E-state index contributed by atoms with van der Waals surface area (Å²) in [4.78, 5) is 11.2. The molecule has 0 radical (unpaired) electrons. The number of carboxylic acid groups (broad SMARTS) is 1. The van der Waals surface area contributed by atoms with Gasteiger partial charge < -0.3 is 19.4 Å². The Morgan fingerprint density at radius 2 is 2.00 bits per heavy atom. The number of aryl methyl sites for hydroxylation is 1. The molecule has 0 fully saturated rings. The van der Waals surface area contributed by atoms with E-state index in [0.29, 0.717) is 13.0 Å². The van der Waals surface area contributed by atoms with Crippen LogP contribution in [-0.4, -0.2) is 27.8 Å². The number of carbonyl (C=O) groups is 1. The third kappa shape index (κ3) is 3.10. The van der Waals surface area contributed by atoms with Crippen molar-refractivity contribution in [2.45, 2.75) is 39.2 Å². The van der Waals surface area contributed by atoms with Crippen molar-refractivity contribution in [3.63, 3.8) is 0 Å². The van der Waals surface area contributed by atoms with Gasteiger partial charge in [0.25, 0.3) is 0 Å². The molecule has 2 heterocycles. The number of aromatic nitrogens is 1. The van der Waals surface area contributed by atoms with Gasteiger partial charge in [0.15, 0.2) is 0 Å². The largest absolute Gasteiger partial charge is 0.491 e. The van der Waals surface area contributed by atoms with E-state index in [1.807, 2.05) is 12.1 Å². The lowest BCUT2D eigenvalue weighted by Crippen LogP contribution is -2.27. The highest BCUT2D eigenvalue weighted by Gasteiger charge is 2.30. The van der Waals surface area contributed by atoms with Crippen molar-refractivity contribution in [2.24, 2.45) is 0 Å². The first kappa shape index (κ1) is 18.7. The quantitative estimate of drug-likeness (QED) is 0.667. The van der Waals surface area contributed by atoms with Gasteiger partial charge in [0.1, 0.15) is 5.82 Å². The number of fused-ring (bicyclic) bond motifs is 2. The maximum Gasteiger partial charge on any atom is 0.491 e. The second-order valence-electron chi connectivity index (χ2n) is 7.46. The fourth-order valence-corrected chi connectivity index (χ4v) is 4.06. The molecule has 2 aromatic carbocycles. The lowest BCUT2D eigenvalue weighted by atomic mass is 9.78. The van der Waals surface area contributed by atoms with Crippen molar-refractivity contribution >= 4 is 29.5 Å². The van der Waals surface area contributed by atoms with Crippen LogP contribution in [0.1, 0.15) is 43.0 Å². The van der Waals surface area contributed by atoms with Crippen LogP contribution in [0.15, 0.2) is 36.4 Å². The number of carboxylic acids is 1. The zero-order valence-electron chi connectivity index (χ0n) is 15.8. The summed E-state index contributed by atoms with van der Waals surface area (Å²) in [5, 5.41) is 20.2. The van der Waals surface area contributed by atoms with E-state index in [4.69, 9.17) is 4.65 Å². The average Bonchev–Trinajstić information content (AvgIpc) is 3.17. The molecule has 0 saturated carbocycles. The normalized spacial score (nSPS) is 13.5. The lowest BCUT2D eigenvalue weighted by molar-refractivity contribution is -0.136. The average molecular weight is 381 g/mol. The first-order valence-electron chi connectivity index (χ1n) is 9.34. The van der Waals surface area contributed by atoms with Gasteiger partial charge in [-0.15, -0.1) is 0 Å². The number of benzene rings is 2. The Bertz CT molecular complexity index is 1060.